The zero-order valence-corrected chi connectivity index (χ0v) is 17.1. The maximum absolute atomic E-state index is 5.07. The van der Waals surface area contributed by atoms with Gasteiger partial charge in [0.2, 0.25) is 0 Å². The van der Waals surface area contributed by atoms with Crippen LogP contribution >= 0.6 is 0 Å². The summed E-state index contributed by atoms with van der Waals surface area (Å²) in [5.74, 6) is 0. The standard InChI is InChI=1S/C23H41NO/c1-4-5-6-7-8-9-10-11-12-13-14-15-16-17-18-19-22-23(2,3)20-21-25-24-22/h17-18,20-21H,4-16,19H2,1-3H3. The molecule has 0 saturated carbocycles. The molecule has 2 heteroatoms. The first kappa shape index (κ1) is 22.0. The molecule has 0 amide bonds. The highest BCUT2D eigenvalue weighted by molar-refractivity contribution is 5.92. The highest BCUT2D eigenvalue weighted by Gasteiger charge is 2.23. The van der Waals surface area contributed by atoms with Gasteiger partial charge in [0, 0.05) is 11.8 Å². The molecule has 0 aliphatic carbocycles. The molecule has 0 aromatic heterocycles. The van der Waals surface area contributed by atoms with Gasteiger partial charge in [0.05, 0.1) is 5.71 Å². The molecular formula is C23H41NO. The van der Waals surface area contributed by atoms with E-state index < -0.39 is 0 Å². The third-order valence-electron chi connectivity index (χ3n) is 5.15. The number of nitrogens with zero attached hydrogens (tertiary/aromatic N) is 1. The van der Waals surface area contributed by atoms with Gasteiger partial charge < -0.3 is 4.84 Å². The Labute approximate surface area is 156 Å². The number of allylic oxidation sites excluding steroid dienone is 3. The molecule has 1 aliphatic heterocycles. The average molecular weight is 348 g/mol. The molecule has 25 heavy (non-hydrogen) atoms. The zero-order valence-electron chi connectivity index (χ0n) is 17.1. The second-order valence-electron chi connectivity index (χ2n) is 8.02. The van der Waals surface area contributed by atoms with Crippen LogP contribution in [0.4, 0.5) is 0 Å². The number of rotatable bonds is 15. The molecule has 0 saturated heterocycles. The lowest BCUT2D eigenvalue weighted by Gasteiger charge is -2.23. The highest BCUT2D eigenvalue weighted by atomic mass is 16.6. The molecule has 1 heterocycles. The molecule has 0 atom stereocenters. The summed E-state index contributed by atoms with van der Waals surface area (Å²) >= 11 is 0. The summed E-state index contributed by atoms with van der Waals surface area (Å²) in [5, 5.41) is 4.16. The van der Waals surface area contributed by atoms with Crippen molar-refractivity contribution < 1.29 is 4.84 Å². The Morgan fingerprint density at radius 1 is 0.840 bits per heavy atom. The Hall–Kier alpha value is -1.05. The van der Waals surface area contributed by atoms with E-state index in [4.69, 9.17) is 4.84 Å². The molecule has 1 rings (SSSR count). The summed E-state index contributed by atoms with van der Waals surface area (Å²) in [6, 6.07) is 0. The van der Waals surface area contributed by atoms with E-state index in [1.165, 1.54) is 83.5 Å². The summed E-state index contributed by atoms with van der Waals surface area (Å²) < 4.78 is 0. The Morgan fingerprint density at radius 2 is 1.40 bits per heavy atom. The van der Waals surface area contributed by atoms with Crippen LogP contribution in [0, 0.1) is 5.41 Å². The molecule has 2 nitrogen and oxygen atoms in total. The van der Waals surface area contributed by atoms with Crippen molar-refractivity contribution in [2.45, 2.75) is 111 Å². The lowest BCUT2D eigenvalue weighted by molar-refractivity contribution is 0.248. The van der Waals surface area contributed by atoms with E-state index in [9.17, 15) is 0 Å². The summed E-state index contributed by atoms with van der Waals surface area (Å²) in [7, 11) is 0. The first-order valence-electron chi connectivity index (χ1n) is 10.7. The predicted molar refractivity (Wildman–Crippen MR) is 111 cm³/mol. The van der Waals surface area contributed by atoms with Crippen LogP contribution in [0.2, 0.25) is 0 Å². The van der Waals surface area contributed by atoms with Crippen LogP contribution in [0.5, 0.6) is 0 Å². The van der Waals surface area contributed by atoms with Crippen LogP contribution in [0.3, 0.4) is 0 Å². The number of oxime groups is 1. The summed E-state index contributed by atoms with van der Waals surface area (Å²) in [5.41, 5.74) is 1.14. The van der Waals surface area contributed by atoms with Gasteiger partial charge in [-0.1, -0.05) is 109 Å². The third-order valence-corrected chi connectivity index (χ3v) is 5.15. The monoisotopic (exact) mass is 347 g/mol. The van der Waals surface area contributed by atoms with Crippen molar-refractivity contribution in [1.82, 2.24) is 0 Å². The smallest absolute Gasteiger partial charge is 0.119 e. The summed E-state index contributed by atoms with van der Waals surface area (Å²) in [6.45, 7) is 6.66. The molecule has 0 radical (unpaired) electrons. The quantitative estimate of drug-likeness (QED) is 0.217. The fourth-order valence-electron chi connectivity index (χ4n) is 3.22. The first-order valence-corrected chi connectivity index (χ1v) is 10.7. The van der Waals surface area contributed by atoms with Gasteiger partial charge in [0.1, 0.15) is 6.26 Å². The number of hydrogen-bond acceptors (Lipinski definition) is 2. The van der Waals surface area contributed by atoms with E-state index in [-0.39, 0.29) is 5.41 Å². The van der Waals surface area contributed by atoms with Gasteiger partial charge >= 0.3 is 0 Å². The van der Waals surface area contributed by atoms with E-state index in [1.54, 1.807) is 6.26 Å². The number of hydrogen-bond donors (Lipinski definition) is 0. The molecular weight excluding hydrogens is 306 g/mol. The van der Waals surface area contributed by atoms with Gasteiger partial charge in [0.25, 0.3) is 0 Å². The minimum absolute atomic E-state index is 0.0264. The van der Waals surface area contributed by atoms with Crippen LogP contribution in [0.25, 0.3) is 0 Å². The van der Waals surface area contributed by atoms with Crippen molar-refractivity contribution in [3.63, 3.8) is 0 Å². The largest absolute Gasteiger partial charge is 0.365 e. The fourth-order valence-corrected chi connectivity index (χ4v) is 3.22. The van der Waals surface area contributed by atoms with Crippen LogP contribution in [0.1, 0.15) is 111 Å². The highest BCUT2D eigenvalue weighted by Crippen LogP contribution is 2.25. The van der Waals surface area contributed by atoms with Gasteiger partial charge in [-0.05, 0) is 18.9 Å². The van der Waals surface area contributed by atoms with Crippen molar-refractivity contribution in [2.75, 3.05) is 0 Å². The summed E-state index contributed by atoms with van der Waals surface area (Å²) in [6.07, 6.45) is 27.4. The van der Waals surface area contributed by atoms with Gasteiger partial charge in [0.15, 0.2) is 0 Å². The molecule has 0 aromatic rings. The average Bonchev–Trinajstić information content (AvgIpc) is 2.59. The van der Waals surface area contributed by atoms with E-state index in [0.717, 1.165) is 12.1 Å². The minimum Gasteiger partial charge on any atom is -0.365 e. The normalized spacial score (nSPS) is 16.2. The fraction of sp³-hybridized carbons (Fsp3) is 0.783. The lowest BCUT2D eigenvalue weighted by atomic mass is 9.85. The SMILES string of the molecule is CCCCCCCCCCCCCCC=CCC1=NOC=CC1(C)C. The van der Waals surface area contributed by atoms with Crippen LogP contribution < -0.4 is 0 Å². The van der Waals surface area contributed by atoms with Crippen molar-refractivity contribution in [2.24, 2.45) is 10.6 Å². The lowest BCUT2D eigenvalue weighted by Crippen LogP contribution is -2.23. The molecule has 0 spiro atoms. The maximum Gasteiger partial charge on any atom is 0.119 e. The van der Waals surface area contributed by atoms with Gasteiger partial charge in [-0.3, -0.25) is 0 Å². The maximum atomic E-state index is 5.07. The molecule has 0 bridgehead atoms. The second-order valence-corrected chi connectivity index (χ2v) is 8.02. The number of unbranched alkanes of at least 4 members (excludes halogenated alkanes) is 12. The van der Waals surface area contributed by atoms with Crippen LogP contribution in [0.15, 0.2) is 29.6 Å². The second kappa shape index (κ2) is 14.2. The Bertz CT molecular complexity index is 406. The van der Waals surface area contributed by atoms with E-state index in [1.807, 2.05) is 0 Å². The van der Waals surface area contributed by atoms with E-state index in [0.29, 0.717) is 0 Å². The van der Waals surface area contributed by atoms with Crippen molar-refractivity contribution in [1.29, 1.82) is 0 Å². The molecule has 1 aliphatic rings. The van der Waals surface area contributed by atoms with Gasteiger partial charge in [-0.15, -0.1) is 0 Å². The Balaban J connectivity index is 1.86. The van der Waals surface area contributed by atoms with Gasteiger partial charge in [-0.2, -0.15) is 0 Å². The molecule has 144 valence electrons. The molecule has 0 unspecified atom stereocenters. The zero-order chi connectivity index (χ0) is 18.2. The third kappa shape index (κ3) is 11.2. The van der Waals surface area contributed by atoms with E-state index in [2.05, 4.69) is 44.2 Å². The topological polar surface area (TPSA) is 21.6 Å². The van der Waals surface area contributed by atoms with Crippen LogP contribution in [-0.4, -0.2) is 5.71 Å². The predicted octanol–water partition coefficient (Wildman–Crippen LogP) is 7.95. The molecule has 0 fully saturated rings. The van der Waals surface area contributed by atoms with Gasteiger partial charge in [-0.25, -0.2) is 0 Å². The molecule has 0 N–H and O–H groups in total. The first-order chi connectivity index (χ1) is 12.2. The Morgan fingerprint density at radius 3 is 1.96 bits per heavy atom. The van der Waals surface area contributed by atoms with Crippen molar-refractivity contribution in [3.8, 4) is 0 Å². The molecule has 0 aromatic carbocycles. The van der Waals surface area contributed by atoms with Crippen molar-refractivity contribution in [3.05, 3.63) is 24.5 Å². The summed E-state index contributed by atoms with van der Waals surface area (Å²) in [4.78, 5) is 5.07. The van der Waals surface area contributed by atoms with Crippen LogP contribution in [-0.2, 0) is 4.84 Å². The van der Waals surface area contributed by atoms with Crippen molar-refractivity contribution >= 4 is 5.71 Å². The Kier molecular flexibility index (Phi) is 12.5. The minimum atomic E-state index is 0.0264. The van der Waals surface area contributed by atoms with E-state index >= 15 is 0 Å².